The normalized spacial score (nSPS) is 18.5. The Morgan fingerprint density at radius 2 is 1.73 bits per heavy atom. The van der Waals surface area contributed by atoms with Gasteiger partial charge in [-0.05, 0) is 89.1 Å². The maximum Gasteiger partial charge on any atom is 0.118 e. The first-order chi connectivity index (χ1) is 12.5. The predicted octanol–water partition coefficient (Wildman–Crippen LogP) is 6.18. The van der Waals surface area contributed by atoms with Crippen LogP contribution in [0, 0.1) is 0 Å². The quantitative estimate of drug-likeness (QED) is 0.399. The first-order valence-corrected chi connectivity index (χ1v) is 10.3. The van der Waals surface area contributed by atoms with E-state index in [0.717, 1.165) is 36.5 Å². The number of benzene rings is 1. The molecule has 1 saturated carbocycles. The lowest BCUT2D eigenvalue weighted by Gasteiger charge is -2.30. The van der Waals surface area contributed by atoms with Gasteiger partial charge in [0, 0.05) is 23.7 Å². The molecule has 0 aliphatic heterocycles. The SMILES string of the molecule is CC(C)N(CCCO/N=C1\CCCC\C1=C/c1ccc(Cl)cc1)C(C)C. The molecular formula is C22H33ClN2O. The number of rotatable bonds is 8. The Kier molecular flexibility index (Phi) is 8.67. The number of nitrogens with zero attached hydrogens (tertiary/aromatic N) is 2. The lowest BCUT2D eigenvalue weighted by molar-refractivity contribution is 0.111. The fraction of sp³-hybridized carbons (Fsp3) is 0.591. The van der Waals surface area contributed by atoms with Crippen LogP contribution >= 0.6 is 11.6 Å². The van der Waals surface area contributed by atoms with Crippen LogP contribution in [0.25, 0.3) is 6.08 Å². The number of halogens is 1. The number of allylic oxidation sites excluding steroid dienone is 1. The van der Waals surface area contributed by atoms with E-state index in [1.54, 1.807) is 0 Å². The molecule has 1 fully saturated rings. The molecule has 0 atom stereocenters. The average molecular weight is 377 g/mol. The Morgan fingerprint density at radius 1 is 1.08 bits per heavy atom. The van der Waals surface area contributed by atoms with Crippen LogP contribution in [0.15, 0.2) is 35.0 Å². The maximum atomic E-state index is 5.97. The zero-order valence-electron chi connectivity index (χ0n) is 16.7. The topological polar surface area (TPSA) is 24.8 Å². The molecule has 0 bridgehead atoms. The first-order valence-electron chi connectivity index (χ1n) is 9.88. The Balaban J connectivity index is 1.89. The summed E-state index contributed by atoms with van der Waals surface area (Å²) in [7, 11) is 0. The molecule has 0 unspecified atom stereocenters. The van der Waals surface area contributed by atoms with Gasteiger partial charge in [0.2, 0.25) is 0 Å². The third kappa shape index (κ3) is 6.77. The van der Waals surface area contributed by atoms with E-state index in [1.165, 1.54) is 24.0 Å². The number of hydrogen-bond acceptors (Lipinski definition) is 3. The number of oxime groups is 1. The van der Waals surface area contributed by atoms with Gasteiger partial charge >= 0.3 is 0 Å². The van der Waals surface area contributed by atoms with Crippen molar-refractivity contribution in [3.8, 4) is 0 Å². The predicted molar refractivity (Wildman–Crippen MR) is 113 cm³/mol. The van der Waals surface area contributed by atoms with Crippen molar-refractivity contribution in [2.24, 2.45) is 5.16 Å². The van der Waals surface area contributed by atoms with Crippen LogP contribution < -0.4 is 0 Å². The molecule has 1 aliphatic carbocycles. The van der Waals surface area contributed by atoms with Gasteiger partial charge in [0.15, 0.2) is 0 Å². The summed E-state index contributed by atoms with van der Waals surface area (Å²) in [4.78, 5) is 8.16. The van der Waals surface area contributed by atoms with Crippen LogP contribution in [-0.4, -0.2) is 35.8 Å². The summed E-state index contributed by atoms with van der Waals surface area (Å²) in [5, 5.41) is 5.24. The minimum Gasteiger partial charge on any atom is -0.396 e. The Hall–Kier alpha value is -1.32. The molecule has 2 rings (SSSR count). The molecule has 0 saturated heterocycles. The minimum absolute atomic E-state index is 0.563. The molecule has 144 valence electrons. The van der Waals surface area contributed by atoms with Crippen molar-refractivity contribution in [3.63, 3.8) is 0 Å². The molecule has 1 aliphatic rings. The lowest BCUT2D eigenvalue weighted by Crippen LogP contribution is -2.38. The Bertz CT molecular complexity index is 597. The maximum absolute atomic E-state index is 5.97. The van der Waals surface area contributed by atoms with Gasteiger partial charge in [-0.1, -0.05) is 28.9 Å². The second-order valence-electron chi connectivity index (χ2n) is 7.58. The zero-order valence-corrected chi connectivity index (χ0v) is 17.4. The molecule has 26 heavy (non-hydrogen) atoms. The smallest absolute Gasteiger partial charge is 0.118 e. The molecule has 0 spiro atoms. The van der Waals surface area contributed by atoms with Crippen molar-refractivity contribution >= 4 is 23.4 Å². The summed E-state index contributed by atoms with van der Waals surface area (Å²) in [6, 6.07) is 9.09. The second-order valence-corrected chi connectivity index (χ2v) is 8.01. The lowest BCUT2D eigenvalue weighted by atomic mass is 9.91. The second kappa shape index (κ2) is 10.7. The molecule has 0 amide bonds. The van der Waals surface area contributed by atoms with E-state index in [-0.39, 0.29) is 0 Å². The van der Waals surface area contributed by atoms with Crippen molar-refractivity contribution in [1.82, 2.24) is 4.90 Å². The van der Waals surface area contributed by atoms with Crippen LogP contribution in [-0.2, 0) is 4.84 Å². The summed E-state index contributed by atoms with van der Waals surface area (Å²) in [6.07, 6.45) is 7.70. The molecular weight excluding hydrogens is 344 g/mol. The zero-order chi connectivity index (χ0) is 18.9. The van der Waals surface area contributed by atoms with Crippen LogP contribution in [0.2, 0.25) is 5.02 Å². The van der Waals surface area contributed by atoms with E-state index in [1.807, 2.05) is 12.1 Å². The highest BCUT2D eigenvalue weighted by molar-refractivity contribution is 6.30. The Morgan fingerprint density at radius 3 is 2.38 bits per heavy atom. The van der Waals surface area contributed by atoms with Gasteiger partial charge in [0.25, 0.3) is 0 Å². The van der Waals surface area contributed by atoms with E-state index in [9.17, 15) is 0 Å². The van der Waals surface area contributed by atoms with Crippen LogP contribution in [0.4, 0.5) is 0 Å². The summed E-state index contributed by atoms with van der Waals surface area (Å²) >= 11 is 5.97. The van der Waals surface area contributed by atoms with Gasteiger partial charge in [0.05, 0.1) is 5.71 Å². The minimum atomic E-state index is 0.563. The highest BCUT2D eigenvalue weighted by atomic mass is 35.5. The first kappa shape index (κ1) is 21.0. The van der Waals surface area contributed by atoms with Crippen LogP contribution in [0.5, 0.6) is 0 Å². The van der Waals surface area contributed by atoms with Crippen molar-refractivity contribution in [2.45, 2.75) is 71.9 Å². The summed E-state index contributed by atoms with van der Waals surface area (Å²) in [5.74, 6) is 0. The third-order valence-corrected chi connectivity index (χ3v) is 5.10. The van der Waals surface area contributed by atoms with Gasteiger partial charge in [-0.3, -0.25) is 4.90 Å². The van der Waals surface area contributed by atoms with Crippen molar-refractivity contribution in [1.29, 1.82) is 0 Å². The van der Waals surface area contributed by atoms with Crippen molar-refractivity contribution in [2.75, 3.05) is 13.2 Å². The van der Waals surface area contributed by atoms with Gasteiger partial charge in [-0.25, -0.2) is 0 Å². The molecule has 0 N–H and O–H groups in total. The standard InChI is InChI=1S/C22H33ClN2O/c1-17(2)25(18(3)4)14-7-15-26-24-22-9-6-5-8-20(22)16-19-10-12-21(23)13-11-19/h10-13,16-18H,5-9,14-15H2,1-4H3/b20-16+,24-22+. The van der Waals surface area contributed by atoms with E-state index in [2.05, 4.69) is 56.0 Å². The van der Waals surface area contributed by atoms with E-state index in [4.69, 9.17) is 16.4 Å². The van der Waals surface area contributed by atoms with Gasteiger partial charge < -0.3 is 4.84 Å². The van der Waals surface area contributed by atoms with Gasteiger partial charge in [-0.15, -0.1) is 0 Å². The summed E-state index contributed by atoms with van der Waals surface area (Å²) < 4.78 is 0. The summed E-state index contributed by atoms with van der Waals surface area (Å²) in [6.45, 7) is 10.7. The third-order valence-electron chi connectivity index (χ3n) is 4.84. The molecule has 0 aromatic heterocycles. The van der Waals surface area contributed by atoms with Crippen LogP contribution in [0.3, 0.4) is 0 Å². The fourth-order valence-corrected chi connectivity index (χ4v) is 3.61. The van der Waals surface area contributed by atoms with E-state index in [0.29, 0.717) is 18.7 Å². The molecule has 0 heterocycles. The summed E-state index contributed by atoms with van der Waals surface area (Å²) in [5.41, 5.74) is 3.57. The molecule has 1 aromatic carbocycles. The fourth-order valence-electron chi connectivity index (χ4n) is 3.48. The highest BCUT2D eigenvalue weighted by Gasteiger charge is 2.15. The molecule has 1 aromatic rings. The largest absolute Gasteiger partial charge is 0.396 e. The van der Waals surface area contributed by atoms with E-state index < -0.39 is 0 Å². The number of hydrogen-bond donors (Lipinski definition) is 0. The Labute approximate surface area is 164 Å². The van der Waals surface area contributed by atoms with Crippen molar-refractivity contribution < 1.29 is 4.84 Å². The van der Waals surface area contributed by atoms with E-state index >= 15 is 0 Å². The van der Waals surface area contributed by atoms with Gasteiger partial charge in [0.1, 0.15) is 6.61 Å². The molecule has 0 radical (unpaired) electrons. The van der Waals surface area contributed by atoms with Gasteiger partial charge in [-0.2, -0.15) is 0 Å². The van der Waals surface area contributed by atoms with Crippen molar-refractivity contribution in [3.05, 3.63) is 40.4 Å². The average Bonchev–Trinajstić information content (AvgIpc) is 2.60. The van der Waals surface area contributed by atoms with Crippen LogP contribution in [0.1, 0.15) is 65.4 Å². The molecule has 3 nitrogen and oxygen atoms in total. The molecule has 4 heteroatoms. The monoisotopic (exact) mass is 376 g/mol. The highest BCUT2D eigenvalue weighted by Crippen LogP contribution is 2.24.